The summed E-state index contributed by atoms with van der Waals surface area (Å²) >= 11 is 0. The smallest absolute Gasteiger partial charge is 0.307 e. The lowest BCUT2D eigenvalue weighted by atomic mass is 9.83. The van der Waals surface area contributed by atoms with Crippen molar-refractivity contribution in [3.63, 3.8) is 0 Å². The van der Waals surface area contributed by atoms with E-state index in [2.05, 4.69) is 0 Å². The highest BCUT2D eigenvalue weighted by Gasteiger charge is 2.32. The van der Waals surface area contributed by atoms with Crippen molar-refractivity contribution in [2.24, 2.45) is 17.6 Å². The van der Waals surface area contributed by atoms with Gasteiger partial charge in [-0.15, -0.1) is 0 Å². The van der Waals surface area contributed by atoms with Crippen LogP contribution in [0.3, 0.4) is 0 Å². The number of carboxylic acid groups (broad SMARTS) is 1. The largest absolute Gasteiger partial charge is 0.481 e. The summed E-state index contributed by atoms with van der Waals surface area (Å²) in [5.74, 6) is -2.63. The van der Waals surface area contributed by atoms with E-state index in [1.165, 1.54) is 0 Å². The molecule has 0 unspecified atom stereocenters. The molecule has 0 saturated heterocycles. The molecule has 4 heteroatoms. The van der Waals surface area contributed by atoms with Crippen LogP contribution in [-0.4, -0.2) is 17.0 Å². The molecule has 0 aliphatic heterocycles. The van der Waals surface area contributed by atoms with Gasteiger partial charge in [0.25, 0.3) is 0 Å². The normalized spacial score (nSPS) is 28.3. The molecule has 0 spiro atoms. The molecule has 12 heavy (non-hydrogen) atoms. The minimum absolute atomic E-state index is 0.406. The molecule has 0 aromatic carbocycles. The number of carboxylic acids is 1. The third-order valence-electron chi connectivity index (χ3n) is 2.12. The molecule has 3 N–H and O–H groups in total. The topological polar surface area (TPSA) is 80.4 Å². The van der Waals surface area contributed by atoms with E-state index in [4.69, 9.17) is 10.8 Å². The van der Waals surface area contributed by atoms with Gasteiger partial charge in [-0.25, -0.2) is 0 Å². The summed E-state index contributed by atoms with van der Waals surface area (Å²) in [6.45, 7) is 0. The number of carbonyl (C=O) groups is 2. The van der Waals surface area contributed by atoms with Crippen molar-refractivity contribution < 1.29 is 14.7 Å². The van der Waals surface area contributed by atoms with Crippen LogP contribution in [0.2, 0.25) is 0 Å². The highest BCUT2D eigenvalue weighted by Crippen LogP contribution is 2.25. The Labute approximate surface area is 70.1 Å². The zero-order valence-corrected chi connectivity index (χ0v) is 6.56. The van der Waals surface area contributed by atoms with Crippen LogP contribution in [0.1, 0.15) is 12.8 Å². The molecule has 0 bridgehead atoms. The van der Waals surface area contributed by atoms with E-state index in [0.717, 1.165) is 0 Å². The van der Waals surface area contributed by atoms with E-state index in [1.54, 1.807) is 12.2 Å². The van der Waals surface area contributed by atoms with Crippen molar-refractivity contribution in [1.82, 2.24) is 0 Å². The van der Waals surface area contributed by atoms with Gasteiger partial charge in [-0.3, -0.25) is 9.59 Å². The molecule has 1 aliphatic rings. The second kappa shape index (κ2) is 3.38. The Hall–Kier alpha value is -1.32. The SMILES string of the molecule is NC(=O)[C@H]1CC=CC[C@@H]1C(=O)O. The third-order valence-corrected chi connectivity index (χ3v) is 2.12. The van der Waals surface area contributed by atoms with Crippen molar-refractivity contribution in [3.8, 4) is 0 Å². The molecule has 1 amide bonds. The predicted molar refractivity (Wildman–Crippen MR) is 42.2 cm³/mol. The van der Waals surface area contributed by atoms with Gasteiger partial charge in [0.15, 0.2) is 0 Å². The second-order valence-corrected chi connectivity index (χ2v) is 2.90. The number of hydrogen-bond acceptors (Lipinski definition) is 2. The Morgan fingerprint density at radius 1 is 1.25 bits per heavy atom. The van der Waals surface area contributed by atoms with Gasteiger partial charge < -0.3 is 10.8 Å². The lowest BCUT2D eigenvalue weighted by Crippen LogP contribution is -2.35. The highest BCUT2D eigenvalue weighted by molar-refractivity contribution is 5.84. The summed E-state index contributed by atoms with van der Waals surface area (Å²) in [6.07, 6.45) is 4.43. The van der Waals surface area contributed by atoms with Crippen molar-refractivity contribution in [3.05, 3.63) is 12.2 Å². The average Bonchev–Trinajstić information content (AvgIpc) is 2.04. The van der Waals surface area contributed by atoms with Gasteiger partial charge in [-0.2, -0.15) is 0 Å². The number of hydrogen-bond donors (Lipinski definition) is 2. The minimum Gasteiger partial charge on any atom is -0.481 e. The van der Waals surface area contributed by atoms with Crippen LogP contribution in [0, 0.1) is 11.8 Å². The van der Waals surface area contributed by atoms with Crippen molar-refractivity contribution >= 4 is 11.9 Å². The van der Waals surface area contributed by atoms with Gasteiger partial charge in [0.2, 0.25) is 5.91 Å². The molecule has 1 rings (SSSR count). The first kappa shape index (κ1) is 8.77. The van der Waals surface area contributed by atoms with Crippen LogP contribution in [0.5, 0.6) is 0 Å². The molecule has 0 aromatic heterocycles. The number of rotatable bonds is 2. The maximum atomic E-state index is 10.8. The fourth-order valence-corrected chi connectivity index (χ4v) is 1.40. The molecule has 0 radical (unpaired) electrons. The highest BCUT2D eigenvalue weighted by atomic mass is 16.4. The first-order chi connectivity index (χ1) is 5.63. The molecule has 66 valence electrons. The van der Waals surface area contributed by atoms with Crippen molar-refractivity contribution in [1.29, 1.82) is 0 Å². The molecule has 0 saturated carbocycles. The zero-order valence-electron chi connectivity index (χ0n) is 6.56. The predicted octanol–water partition coefficient (Wildman–Crippen LogP) is 0.139. The molecule has 1 aliphatic carbocycles. The fourth-order valence-electron chi connectivity index (χ4n) is 1.40. The van der Waals surface area contributed by atoms with Crippen LogP contribution < -0.4 is 5.73 Å². The first-order valence-electron chi connectivity index (χ1n) is 3.80. The number of primary amides is 1. The van der Waals surface area contributed by atoms with E-state index in [0.29, 0.717) is 12.8 Å². The minimum atomic E-state index is -0.942. The van der Waals surface area contributed by atoms with E-state index in [9.17, 15) is 9.59 Å². The van der Waals surface area contributed by atoms with Crippen molar-refractivity contribution in [2.45, 2.75) is 12.8 Å². The Bertz CT molecular complexity index is 210. The van der Waals surface area contributed by atoms with Gasteiger partial charge in [0.05, 0.1) is 11.8 Å². The molecular weight excluding hydrogens is 158 g/mol. The van der Waals surface area contributed by atoms with Crippen molar-refractivity contribution in [2.75, 3.05) is 0 Å². The van der Waals surface area contributed by atoms with Gasteiger partial charge in [0.1, 0.15) is 0 Å². The summed E-state index contributed by atoms with van der Waals surface area (Å²) in [6, 6.07) is 0. The number of aliphatic carboxylic acids is 1. The second-order valence-electron chi connectivity index (χ2n) is 2.90. The van der Waals surface area contributed by atoms with Crippen LogP contribution >= 0.6 is 0 Å². The first-order valence-corrected chi connectivity index (χ1v) is 3.80. The Balaban J connectivity index is 2.76. The van der Waals surface area contributed by atoms with Crippen LogP contribution in [0.4, 0.5) is 0 Å². The Morgan fingerprint density at radius 3 is 2.08 bits per heavy atom. The quantitative estimate of drug-likeness (QED) is 0.577. The Kier molecular flexibility index (Phi) is 2.47. The molecule has 0 heterocycles. The lowest BCUT2D eigenvalue weighted by molar-refractivity contribution is -0.146. The third kappa shape index (κ3) is 1.64. The molecule has 2 atom stereocenters. The fraction of sp³-hybridized carbons (Fsp3) is 0.500. The van der Waals surface area contributed by atoms with Gasteiger partial charge in [-0.1, -0.05) is 12.2 Å². The van der Waals surface area contributed by atoms with Crippen LogP contribution in [0.15, 0.2) is 12.2 Å². The number of nitrogens with two attached hydrogens (primary N) is 1. The monoisotopic (exact) mass is 169 g/mol. The van der Waals surface area contributed by atoms with E-state index < -0.39 is 23.7 Å². The number of allylic oxidation sites excluding steroid dienone is 2. The van der Waals surface area contributed by atoms with Crippen LogP contribution in [-0.2, 0) is 9.59 Å². The maximum absolute atomic E-state index is 10.8. The molecule has 0 fully saturated rings. The number of carbonyl (C=O) groups excluding carboxylic acids is 1. The van der Waals surface area contributed by atoms with Crippen LogP contribution in [0.25, 0.3) is 0 Å². The molecule has 0 aromatic rings. The number of amides is 1. The van der Waals surface area contributed by atoms with E-state index >= 15 is 0 Å². The summed E-state index contributed by atoms with van der Waals surface area (Å²) < 4.78 is 0. The van der Waals surface area contributed by atoms with E-state index in [1.807, 2.05) is 0 Å². The summed E-state index contributed by atoms with van der Waals surface area (Å²) in [4.78, 5) is 21.4. The van der Waals surface area contributed by atoms with Gasteiger partial charge in [0, 0.05) is 0 Å². The Morgan fingerprint density at radius 2 is 1.75 bits per heavy atom. The zero-order chi connectivity index (χ0) is 9.14. The molecule has 4 nitrogen and oxygen atoms in total. The molecular formula is C8H11NO3. The average molecular weight is 169 g/mol. The van der Waals surface area contributed by atoms with Gasteiger partial charge >= 0.3 is 5.97 Å². The maximum Gasteiger partial charge on any atom is 0.307 e. The lowest BCUT2D eigenvalue weighted by Gasteiger charge is -2.21. The van der Waals surface area contributed by atoms with E-state index in [-0.39, 0.29) is 0 Å². The summed E-state index contributed by atoms with van der Waals surface area (Å²) in [7, 11) is 0. The summed E-state index contributed by atoms with van der Waals surface area (Å²) in [5, 5.41) is 8.72. The van der Waals surface area contributed by atoms with Gasteiger partial charge in [-0.05, 0) is 12.8 Å². The standard InChI is InChI=1S/C8H11NO3/c9-7(10)5-3-1-2-4-6(5)8(11)12/h1-2,5-6H,3-4H2,(H2,9,10)(H,11,12)/t5-,6-/m0/s1. The summed E-state index contributed by atoms with van der Waals surface area (Å²) in [5.41, 5.74) is 5.06.